The number of rotatable bonds is 4. The van der Waals surface area contributed by atoms with Gasteiger partial charge in [-0.1, -0.05) is 31.9 Å². The topological polar surface area (TPSA) is 23.8 Å². The number of allylic oxidation sites excluding steroid dienone is 2. The van der Waals surface area contributed by atoms with Crippen LogP contribution in [0.4, 0.5) is 0 Å². The second-order valence-corrected chi connectivity index (χ2v) is 2.60. The van der Waals surface area contributed by atoms with Crippen LogP contribution in [0.1, 0.15) is 46.5 Å². The van der Waals surface area contributed by atoms with E-state index >= 15 is 0 Å². The molecule has 0 spiro atoms. The molecule has 0 aromatic rings. The van der Waals surface area contributed by atoms with E-state index in [1.54, 1.807) is 0 Å². The summed E-state index contributed by atoms with van der Waals surface area (Å²) in [4.78, 5) is 0. The molecule has 62 valence electrons. The van der Waals surface area contributed by atoms with Gasteiger partial charge in [0.2, 0.25) is 0 Å². The first-order valence-corrected chi connectivity index (χ1v) is 4.36. The maximum absolute atomic E-state index is 8.52. The van der Waals surface area contributed by atoms with Gasteiger partial charge in [0.1, 0.15) is 0 Å². The average Bonchev–Trinajstić information content (AvgIpc) is 2.05. The van der Waals surface area contributed by atoms with E-state index in [1.165, 1.54) is 11.1 Å². The molecule has 0 bridgehead atoms. The van der Waals surface area contributed by atoms with Crippen molar-refractivity contribution in [1.82, 2.24) is 0 Å². The van der Waals surface area contributed by atoms with Crippen LogP contribution < -0.4 is 0 Å². The Hall–Kier alpha value is -0.770. The maximum atomic E-state index is 8.52. The number of hydrogen-bond donors (Lipinski definition) is 0. The SMILES string of the molecule is CCC(CC)=C(CC)CC#N. The first-order valence-electron chi connectivity index (χ1n) is 4.36. The molecule has 0 radical (unpaired) electrons. The Labute approximate surface area is 69.7 Å². The van der Waals surface area contributed by atoms with Gasteiger partial charge in [-0.15, -0.1) is 0 Å². The Balaban J connectivity index is 4.37. The van der Waals surface area contributed by atoms with Crippen LogP contribution in [0.15, 0.2) is 11.1 Å². The van der Waals surface area contributed by atoms with Crippen molar-refractivity contribution in [2.24, 2.45) is 0 Å². The van der Waals surface area contributed by atoms with Crippen LogP contribution in [-0.2, 0) is 0 Å². The van der Waals surface area contributed by atoms with Gasteiger partial charge >= 0.3 is 0 Å². The number of hydrogen-bond acceptors (Lipinski definition) is 1. The van der Waals surface area contributed by atoms with Crippen LogP contribution in [0.3, 0.4) is 0 Å². The minimum atomic E-state index is 0.619. The Morgan fingerprint density at radius 2 is 1.45 bits per heavy atom. The van der Waals surface area contributed by atoms with Gasteiger partial charge < -0.3 is 0 Å². The standard InChI is InChI=1S/C10H17N/c1-4-9(5-2)10(6-3)7-8-11/h4-7H2,1-3H3. The van der Waals surface area contributed by atoms with Gasteiger partial charge in [0.25, 0.3) is 0 Å². The molecule has 0 aliphatic rings. The lowest BCUT2D eigenvalue weighted by Crippen LogP contribution is -1.88. The fourth-order valence-electron chi connectivity index (χ4n) is 1.35. The summed E-state index contributed by atoms with van der Waals surface area (Å²) in [6.07, 6.45) is 3.85. The molecule has 1 nitrogen and oxygen atoms in total. The van der Waals surface area contributed by atoms with E-state index in [0.29, 0.717) is 6.42 Å². The highest BCUT2D eigenvalue weighted by molar-refractivity contribution is 5.16. The molecule has 0 aliphatic heterocycles. The van der Waals surface area contributed by atoms with E-state index in [1.807, 2.05) is 0 Å². The molecule has 0 rings (SSSR count). The van der Waals surface area contributed by atoms with E-state index < -0.39 is 0 Å². The van der Waals surface area contributed by atoms with Crippen molar-refractivity contribution >= 4 is 0 Å². The zero-order chi connectivity index (χ0) is 8.69. The van der Waals surface area contributed by atoms with Gasteiger partial charge in [-0.25, -0.2) is 0 Å². The minimum Gasteiger partial charge on any atom is -0.198 e. The monoisotopic (exact) mass is 151 g/mol. The fraction of sp³-hybridized carbons (Fsp3) is 0.700. The molecular weight excluding hydrogens is 134 g/mol. The Morgan fingerprint density at radius 3 is 1.73 bits per heavy atom. The van der Waals surface area contributed by atoms with E-state index in [2.05, 4.69) is 26.8 Å². The molecule has 0 atom stereocenters. The van der Waals surface area contributed by atoms with Crippen molar-refractivity contribution in [2.45, 2.75) is 46.5 Å². The first kappa shape index (κ1) is 10.2. The molecule has 11 heavy (non-hydrogen) atoms. The fourth-order valence-corrected chi connectivity index (χ4v) is 1.35. The molecule has 0 aromatic carbocycles. The summed E-state index contributed by atoms with van der Waals surface area (Å²) < 4.78 is 0. The van der Waals surface area contributed by atoms with Crippen LogP contribution in [0.2, 0.25) is 0 Å². The zero-order valence-corrected chi connectivity index (χ0v) is 7.78. The van der Waals surface area contributed by atoms with Gasteiger partial charge in [-0.3, -0.25) is 0 Å². The van der Waals surface area contributed by atoms with Crippen molar-refractivity contribution < 1.29 is 0 Å². The average molecular weight is 151 g/mol. The Bertz CT molecular complexity index is 166. The van der Waals surface area contributed by atoms with Crippen LogP contribution in [0.25, 0.3) is 0 Å². The summed E-state index contributed by atoms with van der Waals surface area (Å²) in [7, 11) is 0. The normalized spacial score (nSPS) is 8.91. The molecule has 0 saturated carbocycles. The molecule has 0 aliphatic carbocycles. The summed E-state index contributed by atoms with van der Waals surface area (Å²) in [6.45, 7) is 6.44. The first-order chi connectivity index (χ1) is 5.29. The molecule has 0 amide bonds. The van der Waals surface area contributed by atoms with E-state index in [4.69, 9.17) is 5.26 Å². The molecule has 0 saturated heterocycles. The van der Waals surface area contributed by atoms with E-state index in [0.717, 1.165) is 19.3 Å². The molecule has 1 heteroatoms. The lowest BCUT2D eigenvalue weighted by atomic mass is 9.99. The third kappa shape index (κ3) is 3.23. The lowest BCUT2D eigenvalue weighted by Gasteiger charge is -2.06. The summed E-state index contributed by atoms with van der Waals surface area (Å²) in [5, 5.41) is 8.52. The van der Waals surface area contributed by atoms with Crippen LogP contribution in [-0.4, -0.2) is 0 Å². The van der Waals surface area contributed by atoms with Crippen LogP contribution in [0, 0.1) is 11.3 Å². The predicted octanol–water partition coefficient (Wildman–Crippen LogP) is 3.43. The van der Waals surface area contributed by atoms with Crippen LogP contribution in [0.5, 0.6) is 0 Å². The van der Waals surface area contributed by atoms with Crippen molar-refractivity contribution in [2.75, 3.05) is 0 Å². The number of nitriles is 1. The Kier molecular flexibility index (Phi) is 5.56. The lowest BCUT2D eigenvalue weighted by molar-refractivity contribution is 0.889. The van der Waals surface area contributed by atoms with Crippen molar-refractivity contribution in [1.29, 1.82) is 5.26 Å². The largest absolute Gasteiger partial charge is 0.198 e. The minimum absolute atomic E-state index is 0.619. The second kappa shape index (κ2) is 5.97. The van der Waals surface area contributed by atoms with Gasteiger partial charge in [-0.2, -0.15) is 5.26 Å². The third-order valence-electron chi connectivity index (χ3n) is 2.07. The quantitative estimate of drug-likeness (QED) is 0.565. The van der Waals surface area contributed by atoms with Crippen LogP contribution >= 0.6 is 0 Å². The summed E-state index contributed by atoms with van der Waals surface area (Å²) in [6, 6.07) is 2.21. The molecule has 0 unspecified atom stereocenters. The van der Waals surface area contributed by atoms with Gasteiger partial charge in [0.05, 0.1) is 12.5 Å². The van der Waals surface area contributed by atoms with Gasteiger partial charge in [0, 0.05) is 0 Å². The third-order valence-corrected chi connectivity index (χ3v) is 2.07. The van der Waals surface area contributed by atoms with Crippen molar-refractivity contribution in [3.63, 3.8) is 0 Å². The number of nitrogens with zero attached hydrogens (tertiary/aromatic N) is 1. The summed E-state index contributed by atoms with van der Waals surface area (Å²) in [5.41, 5.74) is 2.81. The van der Waals surface area contributed by atoms with Crippen molar-refractivity contribution in [3.05, 3.63) is 11.1 Å². The molecule has 0 fully saturated rings. The molecule has 0 heterocycles. The Morgan fingerprint density at radius 1 is 1.00 bits per heavy atom. The maximum Gasteiger partial charge on any atom is 0.0666 e. The van der Waals surface area contributed by atoms with E-state index in [-0.39, 0.29) is 0 Å². The van der Waals surface area contributed by atoms with E-state index in [9.17, 15) is 0 Å². The summed E-state index contributed by atoms with van der Waals surface area (Å²) in [5.74, 6) is 0. The van der Waals surface area contributed by atoms with Gasteiger partial charge in [-0.05, 0) is 19.3 Å². The molecule has 0 N–H and O–H groups in total. The summed E-state index contributed by atoms with van der Waals surface area (Å²) >= 11 is 0. The highest BCUT2D eigenvalue weighted by atomic mass is 14.2. The van der Waals surface area contributed by atoms with Gasteiger partial charge in [0.15, 0.2) is 0 Å². The van der Waals surface area contributed by atoms with Crippen molar-refractivity contribution in [3.8, 4) is 6.07 Å². The predicted molar refractivity (Wildman–Crippen MR) is 48.1 cm³/mol. The molecule has 0 aromatic heterocycles. The smallest absolute Gasteiger partial charge is 0.0666 e. The highest BCUT2D eigenvalue weighted by Crippen LogP contribution is 2.17. The molecular formula is C10H17N. The highest BCUT2D eigenvalue weighted by Gasteiger charge is 1.99. The second-order valence-electron chi connectivity index (χ2n) is 2.60. The zero-order valence-electron chi connectivity index (χ0n) is 7.78.